The summed E-state index contributed by atoms with van der Waals surface area (Å²) < 4.78 is 31.9. The number of anilines is 1. The van der Waals surface area contributed by atoms with Crippen molar-refractivity contribution in [3.05, 3.63) is 63.7 Å². The molecule has 1 aliphatic rings. The lowest BCUT2D eigenvalue weighted by Crippen LogP contribution is -2.17. The molecule has 3 aromatic rings. The Labute approximate surface area is 169 Å². The van der Waals surface area contributed by atoms with Crippen LogP contribution in [0.5, 0.6) is 5.75 Å². The van der Waals surface area contributed by atoms with Gasteiger partial charge in [-0.25, -0.2) is 0 Å². The maximum Gasteiger partial charge on any atom is 0.286 e. The molecule has 2 aromatic carbocycles. The lowest BCUT2D eigenvalue weighted by molar-refractivity contribution is -0.384. The minimum atomic E-state index is -3.99. The van der Waals surface area contributed by atoms with E-state index in [4.69, 9.17) is 10.5 Å². The summed E-state index contributed by atoms with van der Waals surface area (Å²) in [6.45, 7) is 0.522. The molecule has 2 heterocycles. The normalized spacial score (nSPS) is 13.1. The number of hydrogen-bond acceptors (Lipinski definition) is 9. The van der Waals surface area contributed by atoms with E-state index in [-0.39, 0.29) is 21.7 Å². The van der Waals surface area contributed by atoms with E-state index in [1.54, 1.807) is 24.3 Å². The van der Waals surface area contributed by atoms with E-state index >= 15 is 0 Å². The third-order valence-corrected chi connectivity index (χ3v) is 6.77. The summed E-state index contributed by atoms with van der Waals surface area (Å²) in [4.78, 5) is 14.3. The van der Waals surface area contributed by atoms with Crippen LogP contribution >= 0.6 is 11.8 Å². The Morgan fingerprint density at radius 3 is 2.72 bits per heavy atom. The molecule has 1 aliphatic heterocycles. The molecule has 0 amide bonds. The Morgan fingerprint density at radius 2 is 2.00 bits per heavy atom. The smallest absolute Gasteiger partial charge is 0.286 e. The van der Waals surface area contributed by atoms with Crippen LogP contribution in [0.4, 0.5) is 11.6 Å². The average molecular weight is 433 g/mol. The van der Waals surface area contributed by atoms with E-state index in [1.165, 1.54) is 30.0 Å². The van der Waals surface area contributed by atoms with Crippen molar-refractivity contribution in [2.24, 2.45) is 0 Å². The molecule has 2 N–H and O–H groups in total. The first kappa shape index (κ1) is 19.2. The summed E-state index contributed by atoms with van der Waals surface area (Å²) in [5.74, 6) is 0.834. The minimum Gasteiger partial charge on any atom is -0.493 e. The lowest BCUT2D eigenvalue weighted by atomic mass is 10.2. The van der Waals surface area contributed by atoms with Gasteiger partial charge in [0.2, 0.25) is 11.1 Å². The Bertz CT molecular complexity index is 1190. The number of nitrogen functional groups attached to an aromatic ring is 1. The molecule has 0 aliphatic carbocycles. The first-order chi connectivity index (χ1) is 13.8. The van der Waals surface area contributed by atoms with Gasteiger partial charge >= 0.3 is 0 Å². The molecule has 150 valence electrons. The van der Waals surface area contributed by atoms with Gasteiger partial charge in [0.05, 0.1) is 16.4 Å². The molecule has 0 saturated heterocycles. The summed E-state index contributed by atoms with van der Waals surface area (Å²) in [5, 5.41) is 14.9. The molecule has 10 nitrogen and oxygen atoms in total. The fraction of sp³-hybridized carbons (Fsp3) is 0.176. The Balaban J connectivity index is 1.53. The highest BCUT2D eigenvalue weighted by Crippen LogP contribution is 2.29. The highest BCUT2D eigenvalue weighted by molar-refractivity contribution is 7.98. The van der Waals surface area contributed by atoms with Crippen LogP contribution in [-0.4, -0.2) is 34.1 Å². The summed E-state index contributed by atoms with van der Waals surface area (Å²) in [6, 6.07) is 10.7. The predicted molar refractivity (Wildman–Crippen MR) is 105 cm³/mol. The molecule has 12 heteroatoms. The van der Waals surface area contributed by atoms with Gasteiger partial charge in [0.15, 0.2) is 0 Å². The number of nitro benzene ring substituents is 1. The van der Waals surface area contributed by atoms with Gasteiger partial charge in [0.1, 0.15) is 5.75 Å². The van der Waals surface area contributed by atoms with Crippen molar-refractivity contribution in [1.82, 2.24) is 14.2 Å². The number of hydrogen-bond donors (Lipinski definition) is 1. The zero-order valence-corrected chi connectivity index (χ0v) is 16.5. The molecule has 0 fully saturated rings. The van der Waals surface area contributed by atoms with Crippen molar-refractivity contribution in [3.8, 4) is 5.75 Å². The maximum absolute atomic E-state index is 12.9. The molecule has 0 bridgehead atoms. The average Bonchev–Trinajstić information content (AvgIpc) is 3.32. The van der Waals surface area contributed by atoms with Crippen molar-refractivity contribution in [2.45, 2.75) is 22.2 Å². The van der Waals surface area contributed by atoms with E-state index < -0.39 is 14.9 Å². The largest absolute Gasteiger partial charge is 0.493 e. The predicted octanol–water partition coefficient (Wildman–Crippen LogP) is 2.23. The number of ether oxygens (including phenoxy) is 1. The second-order valence-corrected chi connectivity index (χ2v) is 8.89. The molecule has 1 aromatic heterocycles. The number of thioether (sulfide) groups is 1. The molecular weight excluding hydrogens is 418 g/mol. The number of non-ortho nitro benzene ring substituents is 1. The Hall–Kier alpha value is -3.12. The number of nitro groups is 1. The summed E-state index contributed by atoms with van der Waals surface area (Å²) in [7, 11) is -3.99. The third kappa shape index (κ3) is 3.76. The van der Waals surface area contributed by atoms with Gasteiger partial charge in [-0.3, -0.25) is 10.1 Å². The van der Waals surface area contributed by atoms with Crippen molar-refractivity contribution >= 4 is 33.4 Å². The third-order valence-electron chi connectivity index (χ3n) is 4.28. The highest BCUT2D eigenvalue weighted by atomic mass is 32.2. The van der Waals surface area contributed by atoms with Crippen molar-refractivity contribution in [1.29, 1.82) is 0 Å². The van der Waals surface area contributed by atoms with Gasteiger partial charge in [-0.05, 0) is 29.3 Å². The lowest BCUT2D eigenvalue weighted by Gasteiger charge is -2.06. The van der Waals surface area contributed by atoms with Crippen LogP contribution in [-0.2, 0) is 22.2 Å². The number of nitrogens with zero attached hydrogens (tertiary/aromatic N) is 4. The monoisotopic (exact) mass is 433 g/mol. The van der Waals surface area contributed by atoms with Crippen LogP contribution in [0.15, 0.2) is 52.5 Å². The molecule has 29 heavy (non-hydrogen) atoms. The van der Waals surface area contributed by atoms with E-state index in [2.05, 4.69) is 10.1 Å². The van der Waals surface area contributed by atoms with Crippen LogP contribution in [0.1, 0.15) is 11.1 Å². The quantitative estimate of drug-likeness (QED) is 0.351. The van der Waals surface area contributed by atoms with E-state index in [9.17, 15) is 18.5 Å². The van der Waals surface area contributed by atoms with Crippen molar-refractivity contribution in [2.75, 3.05) is 12.3 Å². The van der Waals surface area contributed by atoms with Gasteiger partial charge in [0, 0.05) is 24.3 Å². The summed E-state index contributed by atoms with van der Waals surface area (Å²) in [5.41, 5.74) is 7.41. The van der Waals surface area contributed by atoms with E-state index in [0.29, 0.717) is 28.6 Å². The van der Waals surface area contributed by atoms with Crippen molar-refractivity contribution in [3.63, 3.8) is 0 Å². The first-order valence-electron chi connectivity index (χ1n) is 8.44. The Morgan fingerprint density at radius 1 is 1.24 bits per heavy atom. The van der Waals surface area contributed by atoms with Gasteiger partial charge in [-0.2, -0.15) is 13.4 Å². The van der Waals surface area contributed by atoms with Gasteiger partial charge in [-0.1, -0.05) is 23.9 Å². The standard InChI is InChI=1S/C17H15N5O5S2/c18-16-19-17(28-10-11-1-3-13(4-2-11)22(23)24)20-21(16)29(25,26)14-5-6-15-12(9-14)7-8-27-15/h1-6,9H,7-8,10H2,(H2,18,19,20). The van der Waals surface area contributed by atoms with Crippen LogP contribution in [0.2, 0.25) is 0 Å². The number of aromatic nitrogens is 3. The molecule has 0 saturated carbocycles. The van der Waals surface area contributed by atoms with Crippen LogP contribution in [0.3, 0.4) is 0 Å². The number of benzene rings is 2. The topological polar surface area (TPSA) is 143 Å². The van der Waals surface area contributed by atoms with Crippen LogP contribution in [0, 0.1) is 10.1 Å². The number of fused-ring (bicyclic) bond motifs is 1. The van der Waals surface area contributed by atoms with Crippen LogP contribution in [0.25, 0.3) is 0 Å². The van der Waals surface area contributed by atoms with Gasteiger partial charge in [-0.15, -0.1) is 9.19 Å². The molecular formula is C17H15N5O5S2. The Kier molecular flexibility index (Phi) is 4.88. The minimum absolute atomic E-state index is 0.00348. The van der Waals surface area contributed by atoms with Gasteiger partial charge in [0.25, 0.3) is 15.7 Å². The SMILES string of the molecule is Nc1nc(SCc2ccc([N+](=O)[O-])cc2)nn1S(=O)(=O)c1ccc2c(c1)CCO2. The molecule has 4 rings (SSSR count). The molecule has 0 spiro atoms. The molecule has 0 atom stereocenters. The number of nitrogens with two attached hydrogens (primary N) is 1. The second kappa shape index (κ2) is 7.37. The van der Waals surface area contributed by atoms with E-state index in [0.717, 1.165) is 11.1 Å². The van der Waals surface area contributed by atoms with Gasteiger partial charge < -0.3 is 10.5 Å². The van der Waals surface area contributed by atoms with Crippen LogP contribution < -0.4 is 10.5 Å². The zero-order chi connectivity index (χ0) is 20.6. The van der Waals surface area contributed by atoms with Crippen molar-refractivity contribution < 1.29 is 18.1 Å². The molecule has 0 unspecified atom stereocenters. The maximum atomic E-state index is 12.9. The summed E-state index contributed by atoms with van der Waals surface area (Å²) >= 11 is 1.18. The first-order valence-corrected chi connectivity index (χ1v) is 10.9. The van der Waals surface area contributed by atoms with E-state index in [1.807, 2.05) is 0 Å². The zero-order valence-electron chi connectivity index (χ0n) is 14.9. The fourth-order valence-electron chi connectivity index (χ4n) is 2.82. The highest BCUT2D eigenvalue weighted by Gasteiger charge is 2.25. The molecule has 0 radical (unpaired) electrons. The second-order valence-electron chi connectivity index (χ2n) is 6.18. The number of rotatable bonds is 6. The fourth-order valence-corrected chi connectivity index (χ4v) is 4.86. The summed E-state index contributed by atoms with van der Waals surface area (Å²) in [6.07, 6.45) is 0.641.